The van der Waals surface area contributed by atoms with Gasteiger partial charge in [-0.1, -0.05) is 15.9 Å². The summed E-state index contributed by atoms with van der Waals surface area (Å²) < 4.78 is 6.23. The molecule has 0 aromatic heterocycles. The van der Waals surface area contributed by atoms with Crippen molar-refractivity contribution < 1.29 is 9.53 Å². The first-order valence-corrected chi connectivity index (χ1v) is 7.81. The van der Waals surface area contributed by atoms with Crippen LogP contribution in [0.3, 0.4) is 0 Å². The fourth-order valence-corrected chi connectivity index (χ4v) is 2.89. The minimum Gasteiger partial charge on any atom is -0.496 e. The monoisotopic (exact) mass is 340 g/mol. The number of methoxy groups -OCH3 is 1. The first-order valence-electron chi connectivity index (χ1n) is 7.02. The van der Waals surface area contributed by atoms with Crippen LogP contribution in [0.5, 0.6) is 5.75 Å². The van der Waals surface area contributed by atoms with Crippen molar-refractivity contribution in [3.8, 4) is 5.75 Å². The van der Waals surface area contributed by atoms with E-state index in [1.165, 1.54) is 6.42 Å². The summed E-state index contributed by atoms with van der Waals surface area (Å²) in [6.07, 6.45) is 2.33. The molecule has 1 N–H and O–H groups in total. The highest BCUT2D eigenvalue weighted by Gasteiger charge is 2.23. The van der Waals surface area contributed by atoms with E-state index in [0.29, 0.717) is 23.9 Å². The van der Waals surface area contributed by atoms with Gasteiger partial charge in [-0.25, -0.2) is 0 Å². The minimum atomic E-state index is 0.0329. The summed E-state index contributed by atoms with van der Waals surface area (Å²) in [5.41, 5.74) is 0.621. The number of ether oxygens (including phenoxy) is 1. The Morgan fingerprint density at radius 1 is 1.55 bits per heavy atom. The summed E-state index contributed by atoms with van der Waals surface area (Å²) in [4.78, 5) is 14.5. The number of carbonyl (C=O) groups is 1. The molecular formula is C15H21BrN2O2. The molecule has 1 aliphatic heterocycles. The molecule has 20 heavy (non-hydrogen) atoms. The molecule has 5 heteroatoms. The average molecular weight is 341 g/mol. The average Bonchev–Trinajstić information content (AvgIpc) is 2.96. The Morgan fingerprint density at radius 3 is 2.95 bits per heavy atom. The fraction of sp³-hybridized carbons (Fsp3) is 0.533. The second kappa shape index (κ2) is 7.09. The first kappa shape index (κ1) is 15.3. The van der Waals surface area contributed by atoms with Crippen LogP contribution in [0.4, 0.5) is 0 Å². The Balaban J connectivity index is 2.14. The normalized spacial score (nSPS) is 18.1. The molecule has 0 saturated carbocycles. The van der Waals surface area contributed by atoms with E-state index in [9.17, 15) is 4.79 Å². The van der Waals surface area contributed by atoms with Crippen molar-refractivity contribution in [2.24, 2.45) is 0 Å². The Labute approximate surface area is 128 Å². The van der Waals surface area contributed by atoms with Gasteiger partial charge in [-0.15, -0.1) is 0 Å². The van der Waals surface area contributed by atoms with Gasteiger partial charge in [0.15, 0.2) is 0 Å². The van der Waals surface area contributed by atoms with Crippen molar-refractivity contribution in [2.45, 2.75) is 25.8 Å². The van der Waals surface area contributed by atoms with Gasteiger partial charge in [0.25, 0.3) is 5.91 Å². The number of hydrogen-bond donors (Lipinski definition) is 1. The molecule has 0 spiro atoms. The van der Waals surface area contributed by atoms with Crippen LogP contribution < -0.4 is 10.1 Å². The first-order chi connectivity index (χ1) is 9.65. The van der Waals surface area contributed by atoms with Crippen LogP contribution >= 0.6 is 15.9 Å². The lowest BCUT2D eigenvalue weighted by molar-refractivity contribution is 0.0748. The molecule has 1 fully saturated rings. The molecule has 1 saturated heterocycles. The largest absolute Gasteiger partial charge is 0.496 e. The van der Waals surface area contributed by atoms with Crippen LogP contribution in [0.25, 0.3) is 0 Å². The van der Waals surface area contributed by atoms with Crippen LogP contribution in [-0.4, -0.2) is 43.6 Å². The Morgan fingerprint density at radius 2 is 2.35 bits per heavy atom. The van der Waals surface area contributed by atoms with Gasteiger partial charge in [0.05, 0.1) is 12.7 Å². The van der Waals surface area contributed by atoms with E-state index >= 15 is 0 Å². The standard InChI is InChI=1S/C15H21BrN2O2/c1-3-18(10-12-5-4-8-17-12)15(19)13-7-6-11(16)9-14(13)20-2/h6-7,9,12,17H,3-5,8,10H2,1-2H3. The molecule has 110 valence electrons. The smallest absolute Gasteiger partial charge is 0.257 e. The van der Waals surface area contributed by atoms with Crippen molar-refractivity contribution >= 4 is 21.8 Å². The fourth-order valence-electron chi connectivity index (χ4n) is 2.55. The van der Waals surface area contributed by atoms with Crippen molar-refractivity contribution in [1.29, 1.82) is 0 Å². The SMILES string of the molecule is CCN(CC1CCCN1)C(=O)c1ccc(Br)cc1OC. The molecule has 0 aliphatic carbocycles. The third-order valence-corrected chi connectivity index (χ3v) is 4.16. The predicted molar refractivity (Wildman–Crippen MR) is 83.3 cm³/mol. The summed E-state index contributed by atoms with van der Waals surface area (Å²) in [5, 5.41) is 3.43. The number of hydrogen-bond acceptors (Lipinski definition) is 3. The second-order valence-corrected chi connectivity index (χ2v) is 5.90. The van der Waals surface area contributed by atoms with E-state index in [-0.39, 0.29) is 5.91 Å². The van der Waals surface area contributed by atoms with Crippen molar-refractivity contribution in [3.63, 3.8) is 0 Å². The Bertz CT molecular complexity index is 473. The van der Waals surface area contributed by atoms with Crippen LogP contribution in [-0.2, 0) is 0 Å². The van der Waals surface area contributed by atoms with Crippen molar-refractivity contribution in [3.05, 3.63) is 28.2 Å². The molecule has 4 nitrogen and oxygen atoms in total. The molecule has 0 radical (unpaired) electrons. The Hall–Kier alpha value is -1.07. The number of carbonyl (C=O) groups excluding carboxylic acids is 1. The van der Waals surface area contributed by atoms with Crippen LogP contribution in [0.15, 0.2) is 22.7 Å². The lowest BCUT2D eigenvalue weighted by Crippen LogP contribution is -2.41. The number of nitrogens with zero attached hydrogens (tertiary/aromatic N) is 1. The highest BCUT2D eigenvalue weighted by atomic mass is 79.9. The highest BCUT2D eigenvalue weighted by Crippen LogP contribution is 2.25. The zero-order valence-corrected chi connectivity index (χ0v) is 13.6. The van der Waals surface area contributed by atoms with Gasteiger partial charge in [0, 0.05) is 23.6 Å². The van der Waals surface area contributed by atoms with Crippen molar-refractivity contribution in [2.75, 3.05) is 26.7 Å². The topological polar surface area (TPSA) is 41.6 Å². The maximum atomic E-state index is 12.7. The molecule has 1 aromatic rings. The lowest BCUT2D eigenvalue weighted by atomic mass is 10.1. The zero-order valence-electron chi connectivity index (χ0n) is 12.0. The van der Waals surface area contributed by atoms with Gasteiger partial charge >= 0.3 is 0 Å². The van der Waals surface area contributed by atoms with Gasteiger partial charge < -0.3 is 15.0 Å². The van der Waals surface area contributed by atoms with E-state index in [1.54, 1.807) is 7.11 Å². The summed E-state index contributed by atoms with van der Waals surface area (Å²) in [7, 11) is 1.59. The zero-order chi connectivity index (χ0) is 14.5. The number of nitrogens with one attached hydrogen (secondary N) is 1. The molecule has 1 amide bonds. The summed E-state index contributed by atoms with van der Waals surface area (Å²) in [5.74, 6) is 0.646. The van der Waals surface area contributed by atoms with Gasteiger partial charge in [0.1, 0.15) is 5.75 Å². The van der Waals surface area contributed by atoms with Gasteiger partial charge in [-0.3, -0.25) is 4.79 Å². The predicted octanol–water partition coefficient (Wildman–Crippen LogP) is 2.67. The van der Waals surface area contributed by atoms with Crippen LogP contribution in [0.2, 0.25) is 0 Å². The number of likely N-dealkylation sites (N-methyl/N-ethyl adjacent to an activating group) is 1. The Kier molecular flexibility index (Phi) is 5.43. The van der Waals surface area contributed by atoms with Crippen LogP contribution in [0.1, 0.15) is 30.1 Å². The van der Waals surface area contributed by atoms with Gasteiger partial charge in [-0.2, -0.15) is 0 Å². The molecule has 1 aromatic carbocycles. The van der Waals surface area contributed by atoms with E-state index in [0.717, 1.165) is 24.0 Å². The quantitative estimate of drug-likeness (QED) is 0.895. The van der Waals surface area contributed by atoms with Gasteiger partial charge in [0.2, 0.25) is 0 Å². The van der Waals surface area contributed by atoms with Crippen LogP contribution in [0, 0.1) is 0 Å². The number of benzene rings is 1. The maximum Gasteiger partial charge on any atom is 0.257 e. The lowest BCUT2D eigenvalue weighted by Gasteiger charge is -2.25. The van der Waals surface area contributed by atoms with Crippen molar-refractivity contribution in [1.82, 2.24) is 10.2 Å². The van der Waals surface area contributed by atoms with Gasteiger partial charge in [-0.05, 0) is 44.5 Å². The van der Waals surface area contributed by atoms with E-state index < -0.39 is 0 Å². The van der Waals surface area contributed by atoms with E-state index in [2.05, 4.69) is 21.2 Å². The number of rotatable bonds is 5. The second-order valence-electron chi connectivity index (χ2n) is 4.98. The van der Waals surface area contributed by atoms with E-state index in [1.807, 2.05) is 30.0 Å². The summed E-state index contributed by atoms with van der Waals surface area (Å²) in [6, 6.07) is 5.93. The number of amides is 1. The van der Waals surface area contributed by atoms with E-state index in [4.69, 9.17) is 4.74 Å². The molecule has 0 bridgehead atoms. The highest BCUT2D eigenvalue weighted by molar-refractivity contribution is 9.10. The molecule has 1 unspecified atom stereocenters. The maximum absolute atomic E-state index is 12.7. The third kappa shape index (κ3) is 3.52. The number of halogens is 1. The molecular weight excluding hydrogens is 320 g/mol. The molecule has 1 aliphatic rings. The molecule has 1 heterocycles. The molecule has 1 atom stereocenters. The summed E-state index contributed by atoms with van der Waals surface area (Å²) in [6.45, 7) is 4.53. The summed E-state index contributed by atoms with van der Waals surface area (Å²) >= 11 is 3.40. The third-order valence-electron chi connectivity index (χ3n) is 3.67. The minimum absolute atomic E-state index is 0.0329. The molecule has 2 rings (SSSR count).